The van der Waals surface area contributed by atoms with E-state index in [1.54, 1.807) is 11.1 Å². The van der Waals surface area contributed by atoms with Crippen LogP contribution < -0.4 is 10.3 Å². The van der Waals surface area contributed by atoms with Crippen LogP contribution >= 0.6 is 0 Å². The van der Waals surface area contributed by atoms with Crippen LogP contribution in [0.1, 0.15) is 207 Å². The van der Waals surface area contributed by atoms with Crippen molar-refractivity contribution in [2.24, 2.45) is 17.1 Å². The monoisotopic (exact) mass is 1100 g/mol. The first kappa shape index (κ1) is 62.0. The van der Waals surface area contributed by atoms with Gasteiger partial charge in [-0.2, -0.15) is 4.57 Å². The molecule has 0 radical (unpaired) electrons. The van der Waals surface area contributed by atoms with Gasteiger partial charge in [-0.15, -0.1) is 0 Å². The van der Waals surface area contributed by atoms with Crippen LogP contribution in [0.2, 0.25) is 0 Å². The van der Waals surface area contributed by atoms with Gasteiger partial charge in [-0.3, -0.25) is 0 Å². The second-order valence-corrected chi connectivity index (χ2v) is 24.4. The number of hydrogen-bond donors (Lipinski definition) is 1. The smallest absolute Gasteiger partial charge is 0.214 e. The summed E-state index contributed by atoms with van der Waals surface area (Å²) in [5.41, 5.74) is 29.8. The Morgan fingerprint density at radius 3 is 1.99 bits per heavy atom. The zero-order valence-electron chi connectivity index (χ0n) is 52.2. The Morgan fingerprint density at radius 2 is 1.33 bits per heavy atom. The molecule has 4 aliphatic rings. The number of hydrogen-bond acceptors (Lipinski definition) is 1. The molecule has 3 aliphatic carbocycles. The molecule has 0 spiro atoms. The standard InChI is InChI=1S/C37H46N.C25H29N.C19H24/c1-6-10-12-16-23-37(24-17-13-11-7-2)33-20-15-14-19-29(33)31-25-30-27(5)38-35(18-8-3)28(9-4)21-22-36(38)32(30)26-34(31)37;1-4-25(3)17-11-10-16-23(25)22(20-13-6-5-7-14-20)18-24(26)21-15-9-8-12-19(21)2;1-17-10-9-15-19(16-17)14-6-3-2-5-11-18-12-7-4-8-13-18/h8-9,14-15,18-22,25-27H,4,6-7,10-13,16-17,23-24H2,1-3,5H3;5-11,13-19H,4,12,26H2,1-3H3;4,7-10,12-13,15-16H,2-3,5-6,11,14H2,1H3/q+1;;/b18-8-;23-22+,24-18-;/t27-;;/m1../s1. The highest BCUT2D eigenvalue weighted by molar-refractivity contribution is 5.86. The van der Waals surface area contributed by atoms with Crippen molar-refractivity contribution in [2.45, 2.75) is 182 Å². The van der Waals surface area contributed by atoms with Gasteiger partial charge in [0.1, 0.15) is 0 Å². The molecule has 5 aromatic carbocycles. The summed E-state index contributed by atoms with van der Waals surface area (Å²) in [6, 6.07) is 49.7. The number of aryl methyl sites for hydroxylation is 3. The molecule has 3 atom stereocenters. The molecule has 1 aromatic heterocycles. The van der Waals surface area contributed by atoms with Gasteiger partial charge in [0.05, 0.1) is 5.56 Å². The number of fused-ring (bicyclic) bond motifs is 6. The average Bonchev–Trinajstić information content (AvgIpc) is 3.08. The maximum atomic E-state index is 6.60. The van der Waals surface area contributed by atoms with Crippen LogP contribution in [0.15, 0.2) is 212 Å². The van der Waals surface area contributed by atoms with Gasteiger partial charge in [0.15, 0.2) is 6.04 Å². The highest BCUT2D eigenvalue weighted by atomic mass is 15.0. The molecule has 0 bridgehead atoms. The number of allylic oxidation sites excluding steroid dienone is 12. The zero-order chi connectivity index (χ0) is 58.6. The lowest BCUT2D eigenvalue weighted by molar-refractivity contribution is -0.696. The SMILES string of the molecule is C=Cc1ccc2[n+](c1/C=C\C)[C@H](C)c1cc3c(cc1-2)C(CCCCCC)(CCCCCC)c1ccccc1-3.CCC1(C)C=CC=C/C1=C(/C=C(\N)C1=CC=CCC1C)c1ccccc1.Cc1cccc(CCCCCCc2ccccc2)c1. The number of aromatic nitrogens is 1. The Balaban J connectivity index is 0.000000174. The number of benzene rings is 5. The van der Waals surface area contributed by atoms with E-state index in [1.807, 2.05) is 6.08 Å². The molecular formula is C81H99N2+. The van der Waals surface area contributed by atoms with E-state index in [-0.39, 0.29) is 10.8 Å². The Kier molecular flexibility index (Phi) is 22.8. The van der Waals surface area contributed by atoms with Crippen LogP contribution in [0, 0.1) is 18.3 Å². The normalized spacial score (nSPS) is 18.5. The van der Waals surface area contributed by atoms with Crippen molar-refractivity contribution in [1.29, 1.82) is 0 Å². The van der Waals surface area contributed by atoms with Crippen LogP contribution in [-0.2, 0) is 18.3 Å². The molecule has 0 fully saturated rings. The highest BCUT2D eigenvalue weighted by Gasteiger charge is 2.46. The maximum Gasteiger partial charge on any atom is 0.214 e. The third kappa shape index (κ3) is 15.0. The minimum absolute atomic E-state index is 0.0170. The van der Waals surface area contributed by atoms with E-state index < -0.39 is 0 Å². The molecule has 2 N–H and O–H groups in total. The molecule has 0 amide bonds. The summed E-state index contributed by atoms with van der Waals surface area (Å²) in [4.78, 5) is 0. The molecule has 432 valence electrons. The molecule has 2 heterocycles. The lowest BCUT2D eigenvalue weighted by Gasteiger charge is -2.33. The number of pyridine rings is 1. The van der Waals surface area contributed by atoms with Crippen molar-refractivity contribution in [1.82, 2.24) is 0 Å². The van der Waals surface area contributed by atoms with Gasteiger partial charge < -0.3 is 5.73 Å². The summed E-state index contributed by atoms with van der Waals surface area (Å²) in [5, 5.41) is 0. The molecule has 2 unspecified atom stereocenters. The van der Waals surface area contributed by atoms with E-state index in [2.05, 4.69) is 261 Å². The second-order valence-electron chi connectivity index (χ2n) is 24.4. The fourth-order valence-electron chi connectivity index (χ4n) is 13.6. The Bertz CT molecular complexity index is 3300. The molecule has 6 aromatic rings. The molecule has 2 nitrogen and oxygen atoms in total. The van der Waals surface area contributed by atoms with Gasteiger partial charge in [0.25, 0.3) is 0 Å². The van der Waals surface area contributed by atoms with Gasteiger partial charge in [0.2, 0.25) is 11.4 Å². The topological polar surface area (TPSA) is 29.9 Å². The first-order valence-electron chi connectivity index (χ1n) is 32.2. The van der Waals surface area contributed by atoms with E-state index in [1.165, 1.54) is 181 Å². The third-order valence-corrected chi connectivity index (χ3v) is 18.5. The minimum atomic E-state index is 0.0170. The summed E-state index contributed by atoms with van der Waals surface area (Å²) in [6.07, 6.45) is 46.8. The quantitative estimate of drug-likeness (QED) is 0.0503. The van der Waals surface area contributed by atoms with Crippen molar-refractivity contribution < 1.29 is 4.57 Å². The summed E-state index contributed by atoms with van der Waals surface area (Å²) in [5.74, 6) is 0.456. The van der Waals surface area contributed by atoms with Crippen molar-refractivity contribution in [2.75, 3.05) is 0 Å². The number of nitrogens with zero attached hydrogens (tertiary/aromatic N) is 1. The van der Waals surface area contributed by atoms with Crippen LogP contribution in [-0.4, -0.2) is 0 Å². The summed E-state index contributed by atoms with van der Waals surface area (Å²) >= 11 is 0. The molecule has 0 saturated carbocycles. The van der Waals surface area contributed by atoms with Crippen molar-refractivity contribution in [3.05, 3.63) is 262 Å². The van der Waals surface area contributed by atoms with Crippen molar-refractivity contribution in [3.8, 4) is 22.4 Å². The van der Waals surface area contributed by atoms with E-state index in [0.29, 0.717) is 12.0 Å². The van der Waals surface area contributed by atoms with Crippen LogP contribution in [0.3, 0.4) is 0 Å². The lowest BCUT2D eigenvalue weighted by Crippen LogP contribution is -2.40. The molecular weight excluding hydrogens is 1000 g/mol. The van der Waals surface area contributed by atoms with Gasteiger partial charge in [-0.1, -0.05) is 275 Å². The first-order chi connectivity index (χ1) is 40.5. The molecule has 2 heteroatoms. The van der Waals surface area contributed by atoms with Crippen LogP contribution in [0.25, 0.3) is 40.1 Å². The molecule has 1 aliphatic heterocycles. The third-order valence-electron chi connectivity index (χ3n) is 18.5. The fourth-order valence-corrected chi connectivity index (χ4v) is 13.6. The minimum Gasteiger partial charge on any atom is -0.398 e. The van der Waals surface area contributed by atoms with Gasteiger partial charge >= 0.3 is 0 Å². The Labute approximate surface area is 503 Å². The average molecular weight is 1100 g/mol. The second kappa shape index (κ2) is 30.5. The van der Waals surface area contributed by atoms with Gasteiger partial charge in [0, 0.05) is 46.7 Å². The predicted octanol–water partition coefficient (Wildman–Crippen LogP) is 22.1. The zero-order valence-corrected chi connectivity index (χ0v) is 52.2. The van der Waals surface area contributed by atoms with Crippen LogP contribution in [0.4, 0.5) is 0 Å². The van der Waals surface area contributed by atoms with Crippen LogP contribution in [0.5, 0.6) is 0 Å². The van der Waals surface area contributed by atoms with Crippen molar-refractivity contribution >= 4 is 17.7 Å². The number of unbranched alkanes of at least 4 members (excludes halogenated alkanes) is 9. The van der Waals surface area contributed by atoms with Gasteiger partial charge in [-0.05, 0) is 151 Å². The van der Waals surface area contributed by atoms with Gasteiger partial charge in [-0.25, -0.2) is 0 Å². The summed E-state index contributed by atoms with van der Waals surface area (Å²) < 4.78 is 2.53. The number of rotatable bonds is 23. The molecule has 83 heavy (non-hydrogen) atoms. The predicted molar refractivity (Wildman–Crippen MR) is 361 cm³/mol. The number of nitrogens with two attached hydrogens (primary N) is 1. The van der Waals surface area contributed by atoms with Crippen molar-refractivity contribution in [3.63, 3.8) is 0 Å². The Hall–Kier alpha value is -7.03. The summed E-state index contributed by atoms with van der Waals surface area (Å²) in [7, 11) is 0. The van der Waals surface area contributed by atoms with E-state index in [9.17, 15) is 0 Å². The van der Waals surface area contributed by atoms with E-state index in [0.717, 1.165) is 18.5 Å². The Morgan fingerprint density at radius 1 is 0.663 bits per heavy atom. The van der Waals surface area contributed by atoms with E-state index >= 15 is 0 Å². The first-order valence-corrected chi connectivity index (χ1v) is 32.2. The lowest BCUT2D eigenvalue weighted by atomic mass is 9.70. The largest absolute Gasteiger partial charge is 0.398 e. The maximum absolute atomic E-state index is 6.60. The molecule has 0 saturated heterocycles. The highest BCUT2D eigenvalue weighted by Crippen LogP contribution is 2.56. The fraction of sp³-hybridized carbons (Fsp3) is 0.370. The summed E-state index contributed by atoms with van der Waals surface area (Å²) in [6.45, 7) is 22.2. The van der Waals surface area contributed by atoms with E-state index in [4.69, 9.17) is 5.73 Å². The molecule has 10 rings (SSSR count).